The number of esters is 1. The number of carbonyl (C=O) groups is 1. The Balaban J connectivity index is 0.000000151. The van der Waals surface area contributed by atoms with Gasteiger partial charge in [0.05, 0.1) is 6.61 Å². The van der Waals surface area contributed by atoms with E-state index in [1.54, 1.807) is 0 Å². The zero-order valence-electron chi connectivity index (χ0n) is 9.20. The van der Waals surface area contributed by atoms with Gasteiger partial charge in [0, 0.05) is 19.6 Å². The van der Waals surface area contributed by atoms with Crippen LogP contribution in [0.3, 0.4) is 0 Å². The fourth-order valence-electron chi connectivity index (χ4n) is 1.39. The molecule has 2 heterocycles. The van der Waals surface area contributed by atoms with Crippen molar-refractivity contribution in [1.82, 2.24) is 0 Å². The molecule has 2 saturated heterocycles. The highest BCUT2D eigenvalue weighted by molar-refractivity contribution is 5.69. The summed E-state index contributed by atoms with van der Waals surface area (Å²) in [5, 5.41) is 0. The Morgan fingerprint density at radius 2 is 1.47 bits per heavy atom. The molecule has 0 aromatic carbocycles. The fourth-order valence-corrected chi connectivity index (χ4v) is 1.39. The molecule has 0 bridgehead atoms. The van der Waals surface area contributed by atoms with Gasteiger partial charge in [-0.2, -0.15) is 0 Å². The Hall–Kier alpha value is -0.610. The highest BCUT2D eigenvalue weighted by Gasteiger charge is 2.05. The van der Waals surface area contributed by atoms with E-state index in [9.17, 15) is 4.79 Å². The van der Waals surface area contributed by atoms with Gasteiger partial charge in [0.15, 0.2) is 0 Å². The third-order valence-electron chi connectivity index (χ3n) is 2.28. The van der Waals surface area contributed by atoms with E-state index < -0.39 is 0 Å². The highest BCUT2D eigenvalue weighted by atomic mass is 16.7. The van der Waals surface area contributed by atoms with Crippen molar-refractivity contribution in [2.45, 2.75) is 38.5 Å². The summed E-state index contributed by atoms with van der Waals surface area (Å²) in [6.07, 6.45) is 6.14. The molecule has 0 aliphatic carbocycles. The van der Waals surface area contributed by atoms with Crippen LogP contribution in [0, 0.1) is 0 Å². The molecule has 0 saturated carbocycles. The molecule has 4 heteroatoms. The predicted molar refractivity (Wildman–Crippen MR) is 55.4 cm³/mol. The van der Waals surface area contributed by atoms with Crippen LogP contribution in [0.1, 0.15) is 38.5 Å². The van der Waals surface area contributed by atoms with Crippen LogP contribution in [0.5, 0.6) is 0 Å². The van der Waals surface area contributed by atoms with Crippen LogP contribution in [0.2, 0.25) is 0 Å². The summed E-state index contributed by atoms with van der Waals surface area (Å²) in [6.45, 7) is 2.89. The van der Waals surface area contributed by atoms with E-state index in [4.69, 9.17) is 14.2 Å². The monoisotopic (exact) mass is 216 g/mol. The Morgan fingerprint density at radius 1 is 0.800 bits per heavy atom. The summed E-state index contributed by atoms with van der Waals surface area (Å²) in [7, 11) is 0. The molecule has 0 amide bonds. The minimum absolute atomic E-state index is 0.0255. The largest absolute Gasteiger partial charge is 0.466 e. The molecular formula is C11H20O4. The van der Waals surface area contributed by atoms with Gasteiger partial charge in [0.25, 0.3) is 0 Å². The first kappa shape index (κ1) is 12.5. The summed E-state index contributed by atoms with van der Waals surface area (Å²) < 4.78 is 14.7. The van der Waals surface area contributed by atoms with Crippen LogP contribution < -0.4 is 0 Å². The first-order chi connectivity index (χ1) is 7.39. The number of rotatable bonds is 0. The van der Waals surface area contributed by atoms with Gasteiger partial charge in [-0.3, -0.25) is 4.79 Å². The second-order valence-corrected chi connectivity index (χ2v) is 3.67. The maximum Gasteiger partial charge on any atom is 0.305 e. The Kier molecular flexibility index (Phi) is 7.21. The molecular weight excluding hydrogens is 196 g/mol. The van der Waals surface area contributed by atoms with Gasteiger partial charge in [-0.15, -0.1) is 0 Å². The molecule has 2 aliphatic heterocycles. The normalized spacial score (nSPS) is 22.8. The van der Waals surface area contributed by atoms with E-state index in [1.807, 2.05) is 0 Å². The Bertz CT molecular complexity index is 140. The van der Waals surface area contributed by atoms with Gasteiger partial charge < -0.3 is 14.2 Å². The van der Waals surface area contributed by atoms with Gasteiger partial charge in [-0.1, -0.05) is 0 Å². The van der Waals surface area contributed by atoms with Gasteiger partial charge in [0.2, 0.25) is 0 Å². The molecule has 0 radical (unpaired) electrons. The minimum atomic E-state index is -0.0255. The number of cyclic esters (lactones) is 1. The lowest BCUT2D eigenvalue weighted by Gasteiger charge is -1.93. The summed E-state index contributed by atoms with van der Waals surface area (Å²) in [5.41, 5.74) is 0. The molecule has 0 aromatic heterocycles. The topological polar surface area (TPSA) is 44.8 Å². The van der Waals surface area contributed by atoms with E-state index in [0.29, 0.717) is 19.8 Å². The zero-order chi connectivity index (χ0) is 10.8. The minimum Gasteiger partial charge on any atom is -0.466 e. The Morgan fingerprint density at radius 3 is 2.20 bits per heavy atom. The second-order valence-electron chi connectivity index (χ2n) is 3.67. The molecule has 0 spiro atoms. The van der Waals surface area contributed by atoms with Crippen LogP contribution >= 0.6 is 0 Å². The van der Waals surface area contributed by atoms with E-state index >= 15 is 0 Å². The highest BCUT2D eigenvalue weighted by Crippen LogP contribution is 2.06. The van der Waals surface area contributed by atoms with Crippen molar-refractivity contribution in [2.75, 3.05) is 26.6 Å². The van der Waals surface area contributed by atoms with Crippen LogP contribution in [0.25, 0.3) is 0 Å². The lowest BCUT2D eigenvalue weighted by atomic mass is 10.2. The SMILES string of the molecule is C1CCOCOC1.O=C1CCCCCO1. The van der Waals surface area contributed by atoms with Crippen molar-refractivity contribution in [2.24, 2.45) is 0 Å². The summed E-state index contributed by atoms with van der Waals surface area (Å²) in [4.78, 5) is 10.5. The van der Waals surface area contributed by atoms with E-state index in [1.165, 1.54) is 0 Å². The average Bonchev–Trinajstić information content (AvgIpc) is 2.64. The number of hydrogen-bond acceptors (Lipinski definition) is 4. The van der Waals surface area contributed by atoms with Crippen molar-refractivity contribution in [3.05, 3.63) is 0 Å². The van der Waals surface area contributed by atoms with Crippen molar-refractivity contribution < 1.29 is 19.0 Å². The van der Waals surface area contributed by atoms with Gasteiger partial charge in [0.1, 0.15) is 6.79 Å². The first-order valence-corrected chi connectivity index (χ1v) is 5.71. The summed E-state index contributed by atoms with van der Waals surface area (Å²) in [6, 6.07) is 0. The van der Waals surface area contributed by atoms with Crippen molar-refractivity contribution >= 4 is 5.97 Å². The number of carbonyl (C=O) groups excluding carboxylic acids is 1. The third kappa shape index (κ3) is 7.33. The molecule has 4 nitrogen and oxygen atoms in total. The van der Waals surface area contributed by atoms with E-state index in [2.05, 4.69) is 0 Å². The van der Waals surface area contributed by atoms with Crippen LogP contribution in [0.15, 0.2) is 0 Å². The number of hydrogen-bond donors (Lipinski definition) is 0. The van der Waals surface area contributed by atoms with E-state index in [0.717, 1.165) is 45.3 Å². The van der Waals surface area contributed by atoms with Gasteiger partial charge in [-0.25, -0.2) is 0 Å². The van der Waals surface area contributed by atoms with Crippen molar-refractivity contribution in [3.63, 3.8) is 0 Å². The van der Waals surface area contributed by atoms with Crippen molar-refractivity contribution in [3.8, 4) is 0 Å². The Labute approximate surface area is 90.9 Å². The second kappa shape index (κ2) is 8.68. The zero-order valence-corrected chi connectivity index (χ0v) is 9.20. The molecule has 0 N–H and O–H groups in total. The lowest BCUT2D eigenvalue weighted by Crippen LogP contribution is -2.00. The summed E-state index contributed by atoms with van der Waals surface area (Å²) >= 11 is 0. The maximum absolute atomic E-state index is 10.5. The van der Waals surface area contributed by atoms with E-state index in [-0.39, 0.29) is 5.97 Å². The van der Waals surface area contributed by atoms with Crippen LogP contribution in [-0.2, 0) is 19.0 Å². The smallest absolute Gasteiger partial charge is 0.305 e. The van der Waals surface area contributed by atoms with Gasteiger partial charge >= 0.3 is 5.97 Å². The fraction of sp³-hybridized carbons (Fsp3) is 0.909. The third-order valence-corrected chi connectivity index (χ3v) is 2.28. The molecule has 2 aliphatic rings. The molecule has 88 valence electrons. The first-order valence-electron chi connectivity index (χ1n) is 5.71. The summed E-state index contributed by atoms with van der Waals surface area (Å²) in [5.74, 6) is -0.0255. The molecule has 2 rings (SSSR count). The number of ether oxygens (including phenoxy) is 3. The molecule has 0 atom stereocenters. The lowest BCUT2D eigenvalue weighted by molar-refractivity contribution is -0.142. The molecule has 15 heavy (non-hydrogen) atoms. The van der Waals surface area contributed by atoms with Crippen LogP contribution in [0.4, 0.5) is 0 Å². The quantitative estimate of drug-likeness (QED) is 0.580. The average molecular weight is 216 g/mol. The predicted octanol–water partition coefficient (Wildman–Crippen LogP) is 1.87. The van der Waals surface area contributed by atoms with Crippen LogP contribution in [-0.4, -0.2) is 32.6 Å². The molecule has 0 unspecified atom stereocenters. The maximum atomic E-state index is 10.5. The molecule has 2 fully saturated rings. The standard InChI is InChI=1S/C6H10O2.C5H10O2/c7-6-4-2-1-3-5-8-6;1-2-4-7-5-6-3-1/h1-5H2;1-5H2. The van der Waals surface area contributed by atoms with Gasteiger partial charge in [-0.05, 0) is 32.1 Å². The van der Waals surface area contributed by atoms with Crippen molar-refractivity contribution in [1.29, 1.82) is 0 Å². The molecule has 0 aromatic rings.